The monoisotopic (exact) mass is 499 g/mol. The van der Waals surface area contributed by atoms with Gasteiger partial charge in [-0.1, -0.05) is 40.8 Å². The van der Waals surface area contributed by atoms with Gasteiger partial charge >= 0.3 is 0 Å². The number of amides is 2. The van der Waals surface area contributed by atoms with Gasteiger partial charge in [-0.2, -0.15) is 0 Å². The summed E-state index contributed by atoms with van der Waals surface area (Å²) in [6, 6.07) is 11.9. The Balaban J connectivity index is 1.28. The first-order valence-electron chi connectivity index (χ1n) is 9.64. The first kappa shape index (κ1) is 22.8. The van der Waals surface area contributed by atoms with Crippen LogP contribution in [0.15, 0.2) is 52.2 Å². The van der Waals surface area contributed by atoms with Gasteiger partial charge in [0.15, 0.2) is 9.47 Å². The Kier molecular flexibility index (Phi) is 6.96. The molecule has 0 saturated heterocycles. The summed E-state index contributed by atoms with van der Waals surface area (Å²) in [5, 5.41) is 18.6. The number of non-ortho nitro benzene ring substituents is 1. The number of benzene rings is 2. The van der Waals surface area contributed by atoms with Crippen LogP contribution in [0.4, 0.5) is 16.5 Å². The van der Waals surface area contributed by atoms with E-state index in [0.717, 1.165) is 11.3 Å². The third-order valence-electron chi connectivity index (χ3n) is 4.36. The minimum atomic E-state index is -0.471. The second-order valence-electron chi connectivity index (χ2n) is 6.96. The van der Waals surface area contributed by atoms with Crippen LogP contribution in [0.3, 0.4) is 0 Å². The van der Waals surface area contributed by atoms with Gasteiger partial charge in [-0.05, 0) is 25.1 Å². The second-order valence-corrected chi connectivity index (χ2v) is 10.1. The van der Waals surface area contributed by atoms with E-state index in [2.05, 4.69) is 20.6 Å². The fourth-order valence-electron chi connectivity index (χ4n) is 2.81. The molecule has 12 heteroatoms. The number of carbonyl (C=O) groups is 2. The Morgan fingerprint density at radius 2 is 1.88 bits per heavy atom. The lowest BCUT2D eigenvalue weighted by molar-refractivity contribution is -0.384. The number of nitrogens with one attached hydrogen (secondary N) is 2. The van der Waals surface area contributed by atoms with Gasteiger partial charge in [0.05, 0.1) is 33.0 Å². The van der Waals surface area contributed by atoms with Crippen molar-refractivity contribution < 1.29 is 14.5 Å². The normalized spacial score (nSPS) is 10.8. The maximum atomic E-state index is 12.4. The van der Waals surface area contributed by atoms with E-state index < -0.39 is 4.92 Å². The Bertz CT molecular complexity index is 1330. The fourth-order valence-corrected chi connectivity index (χ4v) is 5.37. The molecule has 2 heterocycles. The quantitative estimate of drug-likeness (QED) is 0.201. The number of nitrogens with zero attached hydrogens (tertiary/aromatic N) is 3. The van der Waals surface area contributed by atoms with E-state index in [9.17, 15) is 19.7 Å². The zero-order chi connectivity index (χ0) is 23.4. The van der Waals surface area contributed by atoms with Gasteiger partial charge in [-0.15, -0.1) is 11.3 Å². The largest absolute Gasteiger partial charge is 0.325 e. The minimum Gasteiger partial charge on any atom is -0.325 e. The summed E-state index contributed by atoms with van der Waals surface area (Å²) in [5.41, 5.74) is 3.01. The number of thioether (sulfide) groups is 1. The van der Waals surface area contributed by atoms with Gasteiger partial charge in [0, 0.05) is 23.2 Å². The highest BCUT2D eigenvalue weighted by Crippen LogP contribution is 2.29. The number of rotatable bonds is 8. The standard InChI is InChI=1S/C21H17N5O4S3/c1-12-2-4-13(5-3-12)22-19(28)11-32-21-23-14(10-31-21)8-18(27)25-20-24-16-7-6-15(26(29)30)9-17(16)33-20/h2-7,9-10H,8,11H2,1H3,(H,22,28)(H,24,25,27). The Morgan fingerprint density at radius 3 is 2.64 bits per heavy atom. The van der Waals surface area contributed by atoms with Crippen molar-refractivity contribution in [2.24, 2.45) is 0 Å². The summed E-state index contributed by atoms with van der Waals surface area (Å²) in [4.78, 5) is 43.6. The summed E-state index contributed by atoms with van der Waals surface area (Å²) in [7, 11) is 0. The van der Waals surface area contributed by atoms with Crippen LogP contribution >= 0.6 is 34.4 Å². The Labute approximate surface area is 200 Å². The maximum Gasteiger partial charge on any atom is 0.270 e. The van der Waals surface area contributed by atoms with Gasteiger partial charge in [0.25, 0.3) is 5.69 Å². The first-order chi connectivity index (χ1) is 15.9. The van der Waals surface area contributed by atoms with Crippen molar-refractivity contribution >= 4 is 73.0 Å². The van der Waals surface area contributed by atoms with E-state index in [1.165, 1.54) is 46.6 Å². The zero-order valence-corrected chi connectivity index (χ0v) is 19.7. The summed E-state index contributed by atoms with van der Waals surface area (Å²) in [6.45, 7) is 1.98. The van der Waals surface area contributed by atoms with E-state index >= 15 is 0 Å². The van der Waals surface area contributed by atoms with Crippen LogP contribution < -0.4 is 10.6 Å². The average Bonchev–Trinajstić information content (AvgIpc) is 3.39. The maximum absolute atomic E-state index is 12.4. The van der Waals surface area contributed by atoms with Crippen molar-refractivity contribution in [1.82, 2.24) is 9.97 Å². The molecule has 0 atom stereocenters. The van der Waals surface area contributed by atoms with Gasteiger partial charge in [-0.25, -0.2) is 9.97 Å². The highest BCUT2D eigenvalue weighted by atomic mass is 32.2. The van der Waals surface area contributed by atoms with Gasteiger partial charge in [-0.3, -0.25) is 19.7 Å². The van der Waals surface area contributed by atoms with Crippen molar-refractivity contribution in [2.75, 3.05) is 16.4 Å². The number of fused-ring (bicyclic) bond motifs is 1. The van der Waals surface area contributed by atoms with Crippen LogP contribution in [-0.4, -0.2) is 32.5 Å². The molecule has 0 radical (unpaired) electrons. The molecule has 0 aliphatic carbocycles. The number of aryl methyl sites for hydroxylation is 1. The molecule has 168 valence electrons. The van der Waals surface area contributed by atoms with Gasteiger partial charge < -0.3 is 10.6 Å². The van der Waals surface area contributed by atoms with Crippen LogP contribution in [0.5, 0.6) is 0 Å². The summed E-state index contributed by atoms with van der Waals surface area (Å²) >= 11 is 3.85. The molecule has 0 unspecified atom stereocenters. The van der Waals surface area contributed by atoms with Crippen molar-refractivity contribution in [2.45, 2.75) is 17.7 Å². The Morgan fingerprint density at radius 1 is 1.09 bits per heavy atom. The van der Waals surface area contributed by atoms with Crippen molar-refractivity contribution in [1.29, 1.82) is 0 Å². The molecule has 33 heavy (non-hydrogen) atoms. The number of hydrogen-bond acceptors (Lipinski definition) is 9. The van der Waals surface area contributed by atoms with Crippen LogP contribution in [0.25, 0.3) is 10.2 Å². The molecule has 2 aromatic heterocycles. The highest BCUT2D eigenvalue weighted by Gasteiger charge is 2.14. The molecule has 0 spiro atoms. The van der Waals surface area contributed by atoms with E-state index in [4.69, 9.17) is 0 Å². The van der Waals surface area contributed by atoms with Crippen LogP contribution in [0.1, 0.15) is 11.3 Å². The fraction of sp³-hybridized carbons (Fsp3) is 0.143. The van der Waals surface area contributed by atoms with E-state index in [1.807, 2.05) is 31.2 Å². The third-order valence-corrected chi connectivity index (χ3v) is 7.37. The van der Waals surface area contributed by atoms with Crippen LogP contribution in [0.2, 0.25) is 0 Å². The molecule has 2 N–H and O–H groups in total. The first-order valence-corrected chi connectivity index (χ1v) is 12.3. The zero-order valence-electron chi connectivity index (χ0n) is 17.2. The van der Waals surface area contributed by atoms with Crippen molar-refractivity contribution in [3.8, 4) is 0 Å². The van der Waals surface area contributed by atoms with Crippen molar-refractivity contribution in [3.05, 3.63) is 69.2 Å². The molecular formula is C21H17N5O4S3. The number of nitro groups is 1. The van der Waals surface area contributed by atoms with Crippen LogP contribution in [-0.2, 0) is 16.0 Å². The highest BCUT2D eigenvalue weighted by molar-refractivity contribution is 8.01. The Hall–Kier alpha value is -3.35. The topological polar surface area (TPSA) is 127 Å². The molecule has 2 amide bonds. The summed E-state index contributed by atoms with van der Waals surface area (Å²) in [5.74, 6) is -0.206. The predicted molar refractivity (Wildman–Crippen MR) is 131 cm³/mol. The molecule has 9 nitrogen and oxygen atoms in total. The van der Waals surface area contributed by atoms with E-state index in [-0.39, 0.29) is 29.7 Å². The molecular weight excluding hydrogens is 482 g/mol. The predicted octanol–water partition coefficient (Wildman–Crippen LogP) is 4.88. The van der Waals surface area contributed by atoms with Crippen LogP contribution in [0, 0.1) is 17.0 Å². The number of thiazole rings is 2. The molecule has 0 aliphatic rings. The molecule has 4 rings (SSSR count). The van der Waals surface area contributed by atoms with Gasteiger partial charge in [0.1, 0.15) is 0 Å². The number of aromatic nitrogens is 2. The summed E-state index contributed by atoms with van der Waals surface area (Å²) < 4.78 is 1.32. The minimum absolute atomic E-state index is 0.0240. The van der Waals surface area contributed by atoms with E-state index in [1.54, 1.807) is 11.4 Å². The molecule has 0 fully saturated rings. The van der Waals surface area contributed by atoms with Crippen molar-refractivity contribution in [3.63, 3.8) is 0 Å². The molecule has 0 bridgehead atoms. The molecule has 4 aromatic rings. The SMILES string of the molecule is Cc1ccc(NC(=O)CSc2nc(CC(=O)Nc3nc4ccc([N+](=O)[O-])cc4s3)cs2)cc1. The van der Waals surface area contributed by atoms with Gasteiger partial charge in [0.2, 0.25) is 11.8 Å². The molecule has 0 saturated carbocycles. The summed E-state index contributed by atoms with van der Waals surface area (Å²) in [6.07, 6.45) is 0.0582. The second kappa shape index (κ2) is 10.1. The lowest BCUT2D eigenvalue weighted by Gasteiger charge is -2.04. The smallest absolute Gasteiger partial charge is 0.270 e. The molecule has 2 aromatic carbocycles. The number of anilines is 2. The number of carbonyl (C=O) groups excluding carboxylic acids is 2. The lowest BCUT2D eigenvalue weighted by Crippen LogP contribution is -2.14. The third kappa shape index (κ3) is 6.12. The van der Waals surface area contributed by atoms with E-state index in [0.29, 0.717) is 25.4 Å². The average molecular weight is 500 g/mol. The number of nitro benzene ring substituents is 1. The molecule has 0 aliphatic heterocycles. The lowest BCUT2D eigenvalue weighted by atomic mass is 10.2. The number of hydrogen-bond donors (Lipinski definition) is 2.